The summed E-state index contributed by atoms with van der Waals surface area (Å²) in [5.74, 6) is 0. The molecule has 1 aliphatic rings. The molecular formula is C17H28N2O2. The van der Waals surface area contributed by atoms with Gasteiger partial charge in [0.05, 0.1) is 19.3 Å². The van der Waals surface area contributed by atoms with Gasteiger partial charge in [-0.3, -0.25) is 9.80 Å². The van der Waals surface area contributed by atoms with Gasteiger partial charge in [-0.25, -0.2) is 0 Å². The Kier molecular flexibility index (Phi) is 6.18. The van der Waals surface area contributed by atoms with Crippen LogP contribution in [0.1, 0.15) is 16.7 Å². The van der Waals surface area contributed by atoms with Crippen molar-refractivity contribution in [3.63, 3.8) is 0 Å². The number of nitrogens with zero attached hydrogens (tertiary/aromatic N) is 2. The largest absolute Gasteiger partial charge is 0.390 e. The maximum absolute atomic E-state index is 10.2. The lowest BCUT2D eigenvalue weighted by atomic mass is 10.1. The van der Waals surface area contributed by atoms with E-state index in [4.69, 9.17) is 4.74 Å². The zero-order valence-electron chi connectivity index (χ0n) is 13.5. The summed E-state index contributed by atoms with van der Waals surface area (Å²) in [4.78, 5) is 4.47. The highest BCUT2D eigenvalue weighted by atomic mass is 16.5. The summed E-state index contributed by atoms with van der Waals surface area (Å²) < 4.78 is 5.33. The van der Waals surface area contributed by atoms with Crippen LogP contribution in [0.15, 0.2) is 18.2 Å². The lowest BCUT2D eigenvalue weighted by Gasteiger charge is -2.30. The molecule has 1 fully saturated rings. The van der Waals surface area contributed by atoms with Crippen LogP contribution in [-0.2, 0) is 11.3 Å². The first-order valence-corrected chi connectivity index (χ1v) is 7.77. The van der Waals surface area contributed by atoms with Crippen LogP contribution >= 0.6 is 0 Å². The van der Waals surface area contributed by atoms with Crippen molar-refractivity contribution in [1.29, 1.82) is 0 Å². The molecule has 0 bridgehead atoms. The summed E-state index contributed by atoms with van der Waals surface area (Å²) in [6, 6.07) is 6.56. The van der Waals surface area contributed by atoms with E-state index in [9.17, 15) is 5.11 Å². The second kappa shape index (κ2) is 7.90. The van der Waals surface area contributed by atoms with Gasteiger partial charge in [0.1, 0.15) is 0 Å². The zero-order valence-corrected chi connectivity index (χ0v) is 13.5. The minimum Gasteiger partial charge on any atom is -0.390 e. The van der Waals surface area contributed by atoms with Gasteiger partial charge in [-0.15, -0.1) is 0 Å². The number of β-amino-alcohol motifs (C(OH)–C–C–N with tert-alkyl or cyclic N) is 1. The fourth-order valence-corrected chi connectivity index (χ4v) is 2.88. The van der Waals surface area contributed by atoms with Crippen LogP contribution in [0, 0.1) is 13.8 Å². The van der Waals surface area contributed by atoms with E-state index >= 15 is 0 Å². The molecule has 1 aliphatic heterocycles. The van der Waals surface area contributed by atoms with E-state index in [1.807, 2.05) is 0 Å². The predicted molar refractivity (Wildman–Crippen MR) is 85.5 cm³/mol. The highest BCUT2D eigenvalue weighted by Gasteiger charge is 2.16. The monoisotopic (exact) mass is 292 g/mol. The quantitative estimate of drug-likeness (QED) is 0.860. The Balaban J connectivity index is 1.78. The first-order chi connectivity index (χ1) is 10.0. The molecule has 1 aromatic carbocycles. The average molecular weight is 292 g/mol. The molecule has 1 aromatic rings. The van der Waals surface area contributed by atoms with Crippen LogP contribution in [0.3, 0.4) is 0 Å². The second-order valence-electron chi connectivity index (χ2n) is 6.19. The summed E-state index contributed by atoms with van der Waals surface area (Å²) in [7, 11) is 2.07. The maximum Gasteiger partial charge on any atom is 0.0793 e. The molecular weight excluding hydrogens is 264 g/mol. The van der Waals surface area contributed by atoms with Crippen LogP contribution in [0.5, 0.6) is 0 Å². The van der Waals surface area contributed by atoms with Crippen LogP contribution in [0.25, 0.3) is 0 Å². The van der Waals surface area contributed by atoms with Gasteiger partial charge < -0.3 is 9.84 Å². The van der Waals surface area contributed by atoms with Crippen molar-refractivity contribution in [2.75, 3.05) is 46.4 Å². The first kappa shape index (κ1) is 16.4. The Morgan fingerprint density at radius 2 is 2.00 bits per heavy atom. The summed E-state index contributed by atoms with van der Waals surface area (Å²) in [5, 5.41) is 10.2. The highest BCUT2D eigenvalue weighted by Crippen LogP contribution is 2.12. The van der Waals surface area contributed by atoms with E-state index in [2.05, 4.69) is 48.9 Å². The molecule has 0 aromatic heterocycles. The van der Waals surface area contributed by atoms with Crippen molar-refractivity contribution in [1.82, 2.24) is 9.80 Å². The number of ether oxygens (including phenoxy) is 1. The van der Waals surface area contributed by atoms with Gasteiger partial charge >= 0.3 is 0 Å². The number of aliphatic hydroxyl groups excluding tert-OH is 1. The Labute approximate surface area is 128 Å². The molecule has 0 spiro atoms. The van der Waals surface area contributed by atoms with Crippen LogP contribution < -0.4 is 0 Å². The summed E-state index contributed by atoms with van der Waals surface area (Å²) in [5.41, 5.74) is 3.96. The fraction of sp³-hybridized carbons (Fsp3) is 0.647. The topological polar surface area (TPSA) is 35.9 Å². The number of likely N-dealkylation sites (N-methyl/N-ethyl adjacent to an activating group) is 1. The van der Waals surface area contributed by atoms with Gasteiger partial charge in [0.2, 0.25) is 0 Å². The summed E-state index contributed by atoms with van der Waals surface area (Å²) in [6.45, 7) is 10.0. The van der Waals surface area contributed by atoms with Gasteiger partial charge in [-0.1, -0.05) is 23.8 Å². The molecule has 4 nitrogen and oxygen atoms in total. The Bertz CT molecular complexity index is 444. The summed E-state index contributed by atoms with van der Waals surface area (Å²) in [6.07, 6.45) is -0.307. The predicted octanol–water partition coefficient (Wildman–Crippen LogP) is 1.43. The van der Waals surface area contributed by atoms with Gasteiger partial charge in [0.25, 0.3) is 0 Å². The number of benzene rings is 1. The SMILES string of the molecule is Cc1ccc(CN(C)CC(O)CN2CCOCC2)c(C)c1. The first-order valence-electron chi connectivity index (χ1n) is 7.77. The van der Waals surface area contributed by atoms with Crippen molar-refractivity contribution >= 4 is 0 Å². The van der Waals surface area contributed by atoms with E-state index in [1.165, 1.54) is 16.7 Å². The lowest BCUT2D eigenvalue weighted by Crippen LogP contribution is -2.44. The molecule has 1 unspecified atom stereocenters. The van der Waals surface area contributed by atoms with Crippen molar-refractivity contribution < 1.29 is 9.84 Å². The number of aliphatic hydroxyl groups is 1. The van der Waals surface area contributed by atoms with Crippen LogP contribution in [-0.4, -0.2) is 67.5 Å². The minimum absolute atomic E-state index is 0.307. The van der Waals surface area contributed by atoms with Crippen molar-refractivity contribution in [3.05, 3.63) is 34.9 Å². The average Bonchev–Trinajstić information content (AvgIpc) is 2.43. The Morgan fingerprint density at radius 3 is 2.67 bits per heavy atom. The third-order valence-electron chi connectivity index (χ3n) is 4.03. The standard InChI is InChI=1S/C17H28N2O2/c1-14-4-5-16(15(2)10-14)11-18(3)12-17(20)13-19-6-8-21-9-7-19/h4-5,10,17,20H,6-9,11-13H2,1-3H3. The number of hydrogen-bond acceptors (Lipinski definition) is 4. The molecule has 21 heavy (non-hydrogen) atoms. The number of morpholine rings is 1. The van der Waals surface area contributed by atoms with Gasteiger partial charge in [0, 0.05) is 32.7 Å². The smallest absolute Gasteiger partial charge is 0.0793 e. The van der Waals surface area contributed by atoms with E-state index in [1.54, 1.807) is 0 Å². The van der Waals surface area contributed by atoms with Crippen LogP contribution in [0.4, 0.5) is 0 Å². The van der Waals surface area contributed by atoms with Crippen molar-refractivity contribution in [2.45, 2.75) is 26.5 Å². The second-order valence-corrected chi connectivity index (χ2v) is 6.19. The minimum atomic E-state index is -0.307. The fourth-order valence-electron chi connectivity index (χ4n) is 2.88. The Morgan fingerprint density at radius 1 is 1.29 bits per heavy atom. The molecule has 118 valence electrons. The summed E-state index contributed by atoms with van der Waals surface area (Å²) >= 11 is 0. The molecule has 0 radical (unpaired) electrons. The molecule has 0 amide bonds. The van der Waals surface area contributed by atoms with E-state index in [0.29, 0.717) is 6.54 Å². The number of hydrogen-bond donors (Lipinski definition) is 1. The zero-order chi connectivity index (χ0) is 15.2. The van der Waals surface area contributed by atoms with Crippen molar-refractivity contribution in [2.24, 2.45) is 0 Å². The number of aryl methyl sites for hydroxylation is 2. The lowest BCUT2D eigenvalue weighted by molar-refractivity contribution is 0.00824. The maximum atomic E-state index is 10.2. The third-order valence-corrected chi connectivity index (χ3v) is 4.03. The third kappa shape index (κ3) is 5.40. The Hall–Kier alpha value is -0.940. The van der Waals surface area contributed by atoms with E-state index < -0.39 is 0 Å². The van der Waals surface area contributed by atoms with Gasteiger partial charge in [-0.05, 0) is 32.0 Å². The highest BCUT2D eigenvalue weighted by molar-refractivity contribution is 5.30. The van der Waals surface area contributed by atoms with Gasteiger partial charge in [-0.2, -0.15) is 0 Å². The molecule has 1 heterocycles. The van der Waals surface area contributed by atoms with E-state index in [-0.39, 0.29) is 6.10 Å². The van der Waals surface area contributed by atoms with Crippen LogP contribution in [0.2, 0.25) is 0 Å². The molecule has 0 aliphatic carbocycles. The molecule has 1 N–H and O–H groups in total. The number of rotatable bonds is 6. The molecule has 4 heteroatoms. The van der Waals surface area contributed by atoms with Crippen molar-refractivity contribution in [3.8, 4) is 0 Å². The molecule has 1 atom stereocenters. The molecule has 2 rings (SSSR count). The normalized spacial score (nSPS) is 18.1. The van der Waals surface area contributed by atoms with E-state index in [0.717, 1.165) is 39.4 Å². The molecule has 0 saturated carbocycles. The molecule has 1 saturated heterocycles. The van der Waals surface area contributed by atoms with Gasteiger partial charge in [0.15, 0.2) is 0 Å².